The molecule has 0 saturated heterocycles. The van der Waals surface area contributed by atoms with Gasteiger partial charge in [-0.3, -0.25) is 4.79 Å². The van der Waals surface area contributed by atoms with Crippen LogP contribution in [0.4, 0.5) is 4.39 Å². The van der Waals surface area contributed by atoms with Gasteiger partial charge in [0.15, 0.2) is 0 Å². The van der Waals surface area contributed by atoms with Gasteiger partial charge in [0.05, 0.1) is 12.6 Å². The van der Waals surface area contributed by atoms with Crippen LogP contribution in [0, 0.1) is 5.82 Å². The summed E-state index contributed by atoms with van der Waals surface area (Å²) in [7, 11) is 1.64. The number of halogens is 1. The van der Waals surface area contributed by atoms with Crippen LogP contribution in [-0.4, -0.2) is 18.6 Å². The summed E-state index contributed by atoms with van der Waals surface area (Å²) in [5, 5.41) is 3.73. The smallest absolute Gasteiger partial charge is 0.266 e. The summed E-state index contributed by atoms with van der Waals surface area (Å²) in [5.74, 6) is 0.848. The molecule has 0 spiro atoms. The number of pyridine rings is 1. The molecule has 2 aromatic heterocycles. The van der Waals surface area contributed by atoms with Crippen molar-refractivity contribution in [1.82, 2.24) is 4.98 Å². The molecule has 1 aliphatic carbocycles. The molecule has 0 bridgehead atoms. The Bertz CT molecular complexity index is 1300. The maximum Gasteiger partial charge on any atom is 0.266 e. The lowest BCUT2D eigenvalue weighted by molar-refractivity contribution is 0.416. The van der Waals surface area contributed by atoms with Gasteiger partial charge >= 0.3 is 0 Å². The minimum absolute atomic E-state index is 0.0787. The Labute approximate surface area is 171 Å². The highest BCUT2D eigenvalue weighted by Gasteiger charge is 2.29. The number of benzene rings is 2. The predicted molar refractivity (Wildman–Crippen MR) is 117 cm³/mol. The third-order valence-corrected chi connectivity index (χ3v) is 6.61. The minimum atomic E-state index is -0.277. The highest BCUT2D eigenvalue weighted by Crippen LogP contribution is 2.49. The first-order valence-corrected chi connectivity index (χ1v) is 10.6. The Morgan fingerprint density at radius 2 is 2.10 bits per heavy atom. The zero-order valence-electron chi connectivity index (χ0n) is 16.0. The summed E-state index contributed by atoms with van der Waals surface area (Å²) >= 11 is 1.42. The molecule has 2 aromatic carbocycles. The molecular weight excluding hydrogens is 387 g/mol. The number of hydrogen-bond donors (Lipinski definition) is 2. The topological polar surface area (TPSA) is 68.1 Å². The van der Waals surface area contributed by atoms with E-state index in [1.165, 1.54) is 11.3 Å². The molecule has 3 N–H and O–H groups in total. The van der Waals surface area contributed by atoms with Crippen molar-refractivity contribution in [3.63, 3.8) is 0 Å². The maximum absolute atomic E-state index is 14.7. The average molecular weight is 408 g/mol. The Morgan fingerprint density at radius 1 is 1.28 bits per heavy atom. The van der Waals surface area contributed by atoms with Gasteiger partial charge in [-0.05, 0) is 72.0 Å². The molecule has 1 aliphatic rings. The SMILES string of the molecule is COc1cc(C2CC2)c2[nH]c(=O)c3sccc3c2c1-c1ccc(CCN)c(F)c1. The van der Waals surface area contributed by atoms with E-state index in [9.17, 15) is 9.18 Å². The summed E-state index contributed by atoms with van der Waals surface area (Å²) in [4.78, 5) is 15.8. The molecule has 4 aromatic rings. The lowest BCUT2D eigenvalue weighted by atomic mass is 9.92. The fraction of sp³-hybridized carbons (Fsp3) is 0.261. The Morgan fingerprint density at radius 3 is 2.79 bits per heavy atom. The lowest BCUT2D eigenvalue weighted by Crippen LogP contribution is -2.07. The molecular formula is C23H21FN2O2S. The highest BCUT2D eigenvalue weighted by molar-refractivity contribution is 7.17. The highest BCUT2D eigenvalue weighted by atomic mass is 32.1. The zero-order chi connectivity index (χ0) is 20.1. The lowest BCUT2D eigenvalue weighted by Gasteiger charge is -2.17. The summed E-state index contributed by atoms with van der Waals surface area (Å²) in [5.41, 5.74) is 9.60. The molecule has 2 heterocycles. The van der Waals surface area contributed by atoms with Gasteiger partial charge in [-0.15, -0.1) is 11.3 Å². The van der Waals surface area contributed by atoms with Gasteiger partial charge in [-0.1, -0.05) is 12.1 Å². The van der Waals surface area contributed by atoms with Gasteiger partial charge in [0.1, 0.15) is 16.3 Å². The van der Waals surface area contributed by atoms with E-state index in [1.807, 2.05) is 23.6 Å². The van der Waals surface area contributed by atoms with E-state index >= 15 is 0 Å². The minimum Gasteiger partial charge on any atom is -0.496 e. The molecule has 148 valence electrons. The first-order chi connectivity index (χ1) is 14.1. The molecule has 6 heteroatoms. The molecule has 0 radical (unpaired) electrons. The summed E-state index contributed by atoms with van der Waals surface area (Å²) in [6, 6.07) is 9.22. The van der Waals surface area contributed by atoms with Gasteiger partial charge in [-0.25, -0.2) is 4.39 Å². The van der Waals surface area contributed by atoms with Crippen LogP contribution in [0.1, 0.15) is 29.9 Å². The largest absolute Gasteiger partial charge is 0.496 e. The second-order valence-corrected chi connectivity index (χ2v) is 8.45. The first kappa shape index (κ1) is 18.3. The number of methoxy groups -OCH3 is 1. The number of H-pyrrole nitrogens is 1. The van der Waals surface area contributed by atoms with Gasteiger partial charge < -0.3 is 15.5 Å². The zero-order valence-corrected chi connectivity index (χ0v) is 16.9. The second kappa shape index (κ2) is 6.97. The van der Waals surface area contributed by atoms with Crippen LogP contribution in [0.5, 0.6) is 5.75 Å². The second-order valence-electron chi connectivity index (χ2n) is 7.53. The fourth-order valence-electron chi connectivity index (χ4n) is 4.16. The van der Waals surface area contributed by atoms with Crippen LogP contribution in [0.15, 0.2) is 40.5 Å². The van der Waals surface area contributed by atoms with Gasteiger partial charge in [-0.2, -0.15) is 0 Å². The molecule has 0 aliphatic heterocycles. The van der Waals surface area contributed by atoms with E-state index in [4.69, 9.17) is 10.5 Å². The van der Waals surface area contributed by atoms with Crippen molar-refractivity contribution in [2.75, 3.05) is 13.7 Å². The predicted octanol–water partition coefficient (Wildman–Crippen LogP) is 4.94. The average Bonchev–Trinajstić information content (AvgIpc) is 3.44. The number of fused-ring (bicyclic) bond motifs is 3. The normalized spacial score (nSPS) is 14.0. The van der Waals surface area contributed by atoms with Crippen LogP contribution in [0.3, 0.4) is 0 Å². The number of nitrogens with two attached hydrogens (primary N) is 1. The van der Waals surface area contributed by atoms with Crippen molar-refractivity contribution in [2.24, 2.45) is 5.73 Å². The first-order valence-electron chi connectivity index (χ1n) is 9.75. The van der Waals surface area contributed by atoms with Gasteiger partial charge in [0.25, 0.3) is 5.56 Å². The number of rotatable bonds is 5. The number of hydrogen-bond acceptors (Lipinski definition) is 4. The van der Waals surface area contributed by atoms with E-state index in [2.05, 4.69) is 4.98 Å². The third kappa shape index (κ3) is 2.94. The van der Waals surface area contributed by atoms with Crippen LogP contribution < -0.4 is 16.0 Å². The number of nitrogens with one attached hydrogen (secondary N) is 1. The Balaban J connectivity index is 1.90. The molecule has 4 nitrogen and oxygen atoms in total. The van der Waals surface area contributed by atoms with Crippen molar-refractivity contribution in [3.8, 4) is 16.9 Å². The van der Waals surface area contributed by atoms with E-state index < -0.39 is 0 Å². The van der Waals surface area contributed by atoms with E-state index in [1.54, 1.807) is 19.2 Å². The quantitative estimate of drug-likeness (QED) is 0.492. The molecule has 5 rings (SSSR count). The standard InChI is InChI=1S/C23H21FN2O2S/c1-28-18-11-16(12-2-3-12)21-20(15-7-9-29-22(15)23(27)26-21)19(18)14-5-4-13(6-8-25)17(24)10-14/h4-5,7,9-12H,2-3,6,8,25H2,1H3,(H,26,27). The monoisotopic (exact) mass is 408 g/mol. The molecule has 1 saturated carbocycles. The van der Waals surface area contributed by atoms with Gasteiger partial charge in [0, 0.05) is 16.3 Å². The van der Waals surface area contributed by atoms with E-state index in [0.717, 1.165) is 45.8 Å². The fourth-order valence-corrected chi connectivity index (χ4v) is 4.95. The molecule has 0 amide bonds. The van der Waals surface area contributed by atoms with Crippen molar-refractivity contribution in [3.05, 3.63) is 63.0 Å². The van der Waals surface area contributed by atoms with Crippen molar-refractivity contribution >= 4 is 32.3 Å². The maximum atomic E-state index is 14.7. The summed E-state index contributed by atoms with van der Waals surface area (Å²) < 4.78 is 21.2. The van der Waals surface area contributed by atoms with E-state index in [0.29, 0.717) is 34.9 Å². The molecule has 1 fully saturated rings. The Kier molecular flexibility index (Phi) is 4.41. The summed E-state index contributed by atoms with van der Waals surface area (Å²) in [6.07, 6.45) is 2.69. The van der Waals surface area contributed by atoms with Crippen LogP contribution in [0.25, 0.3) is 32.1 Å². The Hall–Kier alpha value is -2.70. The number of thiophene rings is 1. The van der Waals surface area contributed by atoms with Crippen LogP contribution in [-0.2, 0) is 6.42 Å². The third-order valence-electron chi connectivity index (χ3n) is 5.69. The van der Waals surface area contributed by atoms with Gasteiger partial charge in [0.2, 0.25) is 0 Å². The number of aromatic nitrogens is 1. The molecule has 0 unspecified atom stereocenters. The molecule has 0 atom stereocenters. The number of ether oxygens (including phenoxy) is 1. The number of aromatic amines is 1. The van der Waals surface area contributed by atoms with Crippen LogP contribution in [0.2, 0.25) is 0 Å². The summed E-state index contributed by atoms with van der Waals surface area (Å²) in [6.45, 7) is 0.398. The van der Waals surface area contributed by atoms with Crippen molar-refractivity contribution in [1.29, 1.82) is 0 Å². The van der Waals surface area contributed by atoms with E-state index in [-0.39, 0.29) is 11.4 Å². The molecule has 29 heavy (non-hydrogen) atoms. The van der Waals surface area contributed by atoms with Crippen molar-refractivity contribution < 1.29 is 9.13 Å². The van der Waals surface area contributed by atoms with Crippen molar-refractivity contribution in [2.45, 2.75) is 25.2 Å². The van der Waals surface area contributed by atoms with Crippen LogP contribution >= 0.6 is 11.3 Å².